The Labute approximate surface area is 198 Å². The Morgan fingerprint density at radius 1 is 1.15 bits per heavy atom. The number of nitrogens with one attached hydrogen (secondary N) is 2. The van der Waals surface area contributed by atoms with E-state index in [-0.39, 0.29) is 6.10 Å². The smallest absolute Gasteiger partial charge is 0.235 e. The molecule has 3 aliphatic rings. The maximum absolute atomic E-state index is 11.9. The maximum atomic E-state index is 11.9. The molecule has 2 aliphatic heterocycles. The first-order valence-electron chi connectivity index (χ1n) is 11.4. The zero-order valence-electron chi connectivity index (χ0n) is 19.2. The van der Waals surface area contributed by atoms with E-state index in [2.05, 4.69) is 30.5 Å². The summed E-state index contributed by atoms with van der Waals surface area (Å²) in [6, 6.07) is 1.55. The lowest BCUT2D eigenvalue weighted by molar-refractivity contribution is -0.109. The molecule has 34 heavy (non-hydrogen) atoms. The number of nitrogens with zero attached hydrogens (tertiary/aromatic N) is 7. The molecule has 1 saturated carbocycles. The molecular formula is C20H29N9O4S. The van der Waals surface area contributed by atoms with Crippen molar-refractivity contribution in [3.63, 3.8) is 0 Å². The molecule has 0 radical (unpaired) electrons. The number of H-pyrrole nitrogens is 1. The summed E-state index contributed by atoms with van der Waals surface area (Å²) in [6.45, 7) is 2.07. The lowest BCUT2D eigenvalue weighted by Crippen LogP contribution is -2.49. The fraction of sp³-hybridized carbons (Fsp3) is 0.650. The monoisotopic (exact) mass is 491 g/mol. The fourth-order valence-corrected chi connectivity index (χ4v) is 5.20. The number of ether oxygens (including phenoxy) is 1. The number of piperazine rings is 1. The predicted molar refractivity (Wildman–Crippen MR) is 125 cm³/mol. The van der Waals surface area contributed by atoms with Gasteiger partial charge < -0.3 is 24.6 Å². The van der Waals surface area contributed by atoms with Crippen molar-refractivity contribution in [2.24, 2.45) is 0 Å². The molecule has 3 fully saturated rings. The molecule has 2 atom stereocenters. The van der Waals surface area contributed by atoms with Gasteiger partial charge in [-0.1, -0.05) is 0 Å². The Kier molecular flexibility index (Phi) is 6.12. The number of carbonyl (C=O) groups is 1. The van der Waals surface area contributed by atoms with E-state index in [9.17, 15) is 13.2 Å². The third-order valence-corrected chi connectivity index (χ3v) is 7.81. The van der Waals surface area contributed by atoms with Gasteiger partial charge in [-0.15, -0.1) is 0 Å². The predicted octanol–water partition coefficient (Wildman–Crippen LogP) is 0.0899. The van der Waals surface area contributed by atoms with E-state index in [0.717, 1.165) is 24.8 Å². The summed E-state index contributed by atoms with van der Waals surface area (Å²) in [5, 5.41) is 10.5. The van der Waals surface area contributed by atoms with E-state index in [1.807, 2.05) is 15.9 Å². The maximum Gasteiger partial charge on any atom is 0.235 e. The summed E-state index contributed by atoms with van der Waals surface area (Å²) in [7, 11) is -1.63. The van der Waals surface area contributed by atoms with E-state index in [0.29, 0.717) is 68.7 Å². The molecule has 2 aromatic rings. The van der Waals surface area contributed by atoms with Crippen LogP contribution in [0.15, 0.2) is 6.07 Å². The van der Waals surface area contributed by atoms with Gasteiger partial charge in [0, 0.05) is 63.9 Å². The molecule has 4 heterocycles. The van der Waals surface area contributed by atoms with Crippen molar-refractivity contribution in [2.75, 3.05) is 61.2 Å². The van der Waals surface area contributed by atoms with Gasteiger partial charge in [0.1, 0.15) is 6.29 Å². The van der Waals surface area contributed by atoms with Crippen molar-refractivity contribution in [3.05, 3.63) is 11.8 Å². The molecule has 2 saturated heterocycles. The van der Waals surface area contributed by atoms with Gasteiger partial charge >= 0.3 is 0 Å². The Morgan fingerprint density at radius 3 is 2.53 bits per heavy atom. The minimum Gasteiger partial charge on any atom is -0.380 e. The summed E-state index contributed by atoms with van der Waals surface area (Å²) in [5.41, 5.74) is 1.08. The van der Waals surface area contributed by atoms with Gasteiger partial charge in [-0.25, -0.2) is 8.42 Å². The average Bonchev–Trinajstić information content (AvgIpc) is 3.42. The number of hydrogen-bond acceptors (Lipinski definition) is 11. The van der Waals surface area contributed by atoms with Gasteiger partial charge in [-0.05, 0) is 12.8 Å². The highest BCUT2D eigenvalue weighted by atomic mass is 32.2. The van der Waals surface area contributed by atoms with Crippen molar-refractivity contribution in [1.29, 1.82) is 0 Å². The van der Waals surface area contributed by atoms with Gasteiger partial charge in [0.05, 0.1) is 18.4 Å². The summed E-state index contributed by atoms with van der Waals surface area (Å²) in [4.78, 5) is 29.3. The van der Waals surface area contributed by atoms with Crippen LogP contribution in [0.3, 0.4) is 0 Å². The molecule has 13 nitrogen and oxygen atoms in total. The van der Waals surface area contributed by atoms with E-state index in [1.165, 1.54) is 10.6 Å². The molecule has 0 unspecified atom stereocenters. The third kappa shape index (κ3) is 4.83. The normalized spacial score (nSPS) is 23.9. The molecule has 1 aliphatic carbocycles. The number of methoxy groups -OCH3 is 1. The Balaban J connectivity index is 1.43. The van der Waals surface area contributed by atoms with Gasteiger partial charge in [0.15, 0.2) is 5.82 Å². The highest BCUT2D eigenvalue weighted by Gasteiger charge is 2.35. The SMILES string of the molecule is CO[C@H]1C[C@@H](C=O)N(c2nc(Nc3cc(C4CC4)[nH]n3)nc(N3CCN(S(C)(=O)=O)CC3)n2)C1. The summed E-state index contributed by atoms with van der Waals surface area (Å²) in [6.07, 6.45) is 4.87. The minimum atomic E-state index is -3.25. The summed E-state index contributed by atoms with van der Waals surface area (Å²) >= 11 is 0. The van der Waals surface area contributed by atoms with E-state index < -0.39 is 16.1 Å². The number of aromatic amines is 1. The van der Waals surface area contributed by atoms with Crippen molar-refractivity contribution in [3.8, 4) is 0 Å². The topological polar surface area (TPSA) is 150 Å². The highest BCUT2D eigenvalue weighted by molar-refractivity contribution is 7.88. The third-order valence-electron chi connectivity index (χ3n) is 6.51. The molecule has 2 aromatic heterocycles. The van der Waals surface area contributed by atoms with Crippen LogP contribution >= 0.6 is 0 Å². The van der Waals surface area contributed by atoms with Crippen molar-refractivity contribution in [2.45, 2.75) is 37.3 Å². The summed E-state index contributed by atoms with van der Waals surface area (Å²) < 4.78 is 30.7. The Hall–Kier alpha value is -2.84. The van der Waals surface area contributed by atoms with Crippen LogP contribution in [0.5, 0.6) is 0 Å². The van der Waals surface area contributed by atoms with E-state index in [4.69, 9.17) is 4.74 Å². The van der Waals surface area contributed by atoms with Crippen LogP contribution in [0.1, 0.15) is 30.9 Å². The number of aldehydes is 1. The van der Waals surface area contributed by atoms with Crippen molar-refractivity contribution < 1.29 is 17.9 Å². The second-order valence-corrected chi connectivity index (χ2v) is 10.9. The zero-order valence-corrected chi connectivity index (χ0v) is 20.0. The van der Waals surface area contributed by atoms with E-state index in [1.54, 1.807) is 7.11 Å². The second kappa shape index (κ2) is 9.07. The number of aromatic nitrogens is 5. The second-order valence-electron chi connectivity index (χ2n) is 8.97. The molecule has 14 heteroatoms. The van der Waals surface area contributed by atoms with Crippen LogP contribution in [0.4, 0.5) is 23.7 Å². The number of sulfonamides is 1. The van der Waals surface area contributed by atoms with Gasteiger partial charge in [0.25, 0.3) is 0 Å². The quantitative estimate of drug-likeness (QED) is 0.484. The van der Waals surface area contributed by atoms with Crippen molar-refractivity contribution in [1.82, 2.24) is 29.5 Å². The molecule has 184 valence electrons. The first-order valence-corrected chi connectivity index (χ1v) is 13.2. The first kappa shape index (κ1) is 22.9. The molecular weight excluding hydrogens is 462 g/mol. The number of carbonyl (C=O) groups excluding carboxylic acids is 1. The van der Waals surface area contributed by atoms with E-state index >= 15 is 0 Å². The van der Waals surface area contributed by atoms with Crippen molar-refractivity contribution >= 4 is 40.0 Å². The van der Waals surface area contributed by atoms with Gasteiger partial charge in [0.2, 0.25) is 27.9 Å². The fourth-order valence-electron chi connectivity index (χ4n) is 4.37. The van der Waals surface area contributed by atoms with Crippen LogP contribution in [-0.2, 0) is 19.6 Å². The standard InChI is InChI=1S/C20H29N9O4S/c1-33-15-9-14(12-30)29(11-15)20-23-18(21-17-10-16(25-26-17)13-3-4-13)22-19(24-20)27-5-7-28(8-6-27)34(2,31)32/h10,12-15H,3-9,11H2,1-2H3,(H2,21,22,23,24,25,26)/t14-,15-/m0/s1. The highest BCUT2D eigenvalue weighted by Crippen LogP contribution is 2.39. The lowest BCUT2D eigenvalue weighted by atomic mass is 10.2. The van der Waals surface area contributed by atoms with Gasteiger partial charge in [-0.3, -0.25) is 5.10 Å². The van der Waals surface area contributed by atoms with Crippen LogP contribution in [0.25, 0.3) is 0 Å². The van der Waals surface area contributed by atoms with Crippen LogP contribution in [0.2, 0.25) is 0 Å². The summed E-state index contributed by atoms with van der Waals surface area (Å²) in [5.74, 6) is 2.24. The van der Waals surface area contributed by atoms with Crippen LogP contribution in [0, 0.1) is 0 Å². The molecule has 0 amide bonds. The minimum absolute atomic E-state index is 0.0995. The molecule has 0 spiro atoms. The largest absolute Gasteiger partial charge is 0.380 e. The number of hydrogen-bond donors (Lipinski definition) is 2. The van der Waals surface area contributed by atoms with Crippen LogP contribution < -0.4 is 15.1 Å². The lowest BCUT2D eigenvalue weighted by Gasteiger charge is -2.33. The Bertz CT molecular complexity index is 1140. The zero-order chi connectivity index (χ0) is 23.9. The first-order chi connectivity index (χ1) is 16.3. The van der Waals surface area contributed by atoms with Gasteiger partial charge in [-0.2, -0.15) is 24.4 Å². The molecule has 0 bridgehead atoms. The number of anilines is 4. The Morgan fingerprint density at radius 2 is 1.88 bits per heavy atom. The molecule has 2 N–H and O–H groups in total. The number of rotatable bonds is 8. The molecule has 0 aromatic carbocycles. The average molecular weight is 492 g/mol. The molecule has 5 rings (SSSR count). The van der Waals surface area contributed by atoms with Crippen LogP contribution in [-0.4, -0.2) is 102 Å².